The van der Waals surface area contributed by atoms with Crippen molar-refractivity contribution >= 4 is 21.7 Å². The number of anilines is 1. The predicted molar refractivity (Wildman–Crippen MR) is 141 cm³/mol. The number of amides is 1. The second kappa shape index (κ2) is 9.54. The Balaban J connectivity index is 1.77. The summed E-state index contributed by atoms with van der Waals surface area (Å²) < 4.78 is 27.7. The topological polar surface area (TPSA) is 112 Å². The Bertz CT molecular complexity index is 1440. The molecule has 3 aromatic rings. The van der Waals surface area contributed by atoms with Crippen molar-refractivity contribution in [3.8, 4) is 11.3 Å². The second-order valence-corrected chi connectivity index (χ2v) is 12.0. The molecule has 0 aliphatic carbocycles. The lowest BCUT2D eigenvalue weighted by atomic mass is 9.97. The van der Waals surface area contributed by atoms with Crippen LogP contribution < -0.4 is 15.2 Å². The summed E-state index contributed by atoms with van der Waals surface area (Å²) in [5.74, 6) is 0.361. The van der Waals surface area contributed by atoms with Gasteiger partial charge in [-0.1, -0.05) is 45.0 Å². The molecule has 0 unspecified atom stereocenters. The van der Waals surface area contributed by atoms with Gasteiger partial charge in [0.1, 0.15) is 5.82 Å². The molecule has 9 heteroatoms. The van der Waals surface area contributed by atoms with Gasteiger partial charge in [-0.25, -0.2) is 18.1 Å². The van der Waals surface area contributed by atoms with E-state index in [1.54, 1.807) is 12.1 Å². The van der Waals surface area contributed by atoms with E-state index in [2.05, 4.69) is 61.4 Å². The zero-order chi connectivity index (χ0) is 26.3. The number of carbonyl (C=O) groups excluding carboxylic acids is 1. The van der Waals surface area contributed by atoms with Crippen LogP contribution in [0.4, 0.5) is 5.82 Å². The number of nitrogens with zero attached hydrogens (tertiary/aromatic N) is 2. The van der Waals surface area contributed by atoms with Crippen molar-refractivity contribution in [3.63, 3.8) is 0 Å². The van der Waals surface area contributed by atoms with Gasteiger partial charge >= 0.3 is 0 Å². The normalized spacial score (nSPS) is 17.4. The lowest BCUT2D eigenvalue weighted by Gasteiger charge is -2.34. The highest BCUT2D eigenvalue weighted by Gasteiger charge is 2.39. The molecule has 8 nitrogen and oxygen atoms in total. The number of benzene rings is 1. The summed E-state index contributed by atoms with van der Waals surface area (Å²) in [5.41, 5.74) is 1.86. The molecule has 3 heterocycles. The van der Waals surface area contributed by atoms with Crippen molar-refractivity contribution in [1.29, 1.82) is 0 Å². The molecule has 1 amide bonds. The van der Waals surface area contributed by atoms with E-state index in [4.69, 9.17) is 4.98 Å². The van der Waals surface area contributed by atoms with Crippen LogP contribution in [0, 0.1) is 5.92 Å². The molecule has 2 aromatic heterocycles. The minimum atomic E-state index is -4.38. The summed E-state index contributed by atoms with van der Waals surface area (Å²) >= 11 is 0. The van der Waals surface area contributed by atoms with Gasteiger partial charge < -0.3 is 9.88 Å². The highest BCUT2D eigenvalue weighted by molar-refractivity contribution is 7.90. The van der Waals surface area contributed by atoms with Crippen molar-refractivity contribution in [3.05, 3.63) is 76.2 Å². The van der Waals surface area contributed by atoms with Gasteiger partial charge in [0.15, 0.2) is 4.90 Å². The van der Waals surface area contributed by atoms with Crippen LogP contribution >= 0.6 is 0 Å². The van der Waals surface area contributed by atoms with E-state index in [-0.39, 0.29) is 11.1 Å². The third-order valence-corrected chi connectivity index (χ3v) is 7.97. The Morgan fingerprint density at radius 1 is 1.14 bits per heavy atom. The maximum atomic E-state index is 13.3. The fourth-order valence-corrected chi connectivity index (χ4v) is 5.86. The third-order valence-electron chi connectivity index (χ3n) is 6.62. The Hall–Kier alpha value is -3.46. The molecular weight excluding hydrogens is 476 g/mol. The number of aromatic amines is 1. The number of hydrogen-bond acceptors (Lipinski definition) is 6. The van der Waals surface area contributed by atoms with Crippen molar-refractivity contribution in [2.45, 2.75) is 57.4 Å². The summed E-state index contributed by atoms with van der Waals surface area (Å²) in [6, 6.07) is 14.0. The molecule has 1 atom stereocenters. The van der Waals surface area contributed by atoms with Gasteiger partial charge in [-0.3, -0.25) is 9.59 Å². The molecule has 190 valence electrons. The first-order chi connectivity index (χ1) is 16.9. The van der Waals surface area contributed by atoms with Crippen molar-refractivity contribution in [2.24, 2.45) is 5.92 Å². The quantitative estimate of drug-likeness (QED) is 0.513. The average molecular weight is 509 g/mol. The Kier molecular flexibility index (Phi) is 6.79. The molecule has 1 fully saturated rings. The van der Waals surface area contributed by atoms with Crippen molar-refractivity contribution in [1.82, 2.24) is 14.7 Å². The molecule has 0 saturated carbocycles. The first-order valence-electron chi connectivity index (χ1n) is 12.0. The van der Waals surface area contributed by atoms with E-state index in [9.17, 15) is 18.0 Å². The monoisotopic (exact) mass is 508 g/mol. The van der Waals surface area contributed by atoms with Gasteiger partial charge in [-0.15, -0.1) is 0 Å². The highest BCUT2D eigenvalue weighted by Crippen LogP contribution is 2.38. The van der Waals surface area contributed by atoms with Crippen LogP contribution in [0.3, 0.4) is 0 Å². The van der Waals surface area contributed by atoms with Gasteiger partial charge in [-0.2, -0.15) is 0 Å². The molecule has 4 rings (SSSR count). The number of sulfonamides is 1. The molecule has 1 aliphatic rings. The van der Waals surface area contributed by atoms with Crippen LogP contribution in [0.5, 0.6) is 0 Å². The van der Waals surface area contributed by atoms with E-state index < -0.39 is 26.4 Å². The standard InChI is InChI=1S/C27H32N4O4S/c1-17(2)19-8-10-20(11-9-19)22-13-12-21(24(29-22)31-16-18(3)15-27(31,4)5)25(32)30-36(34,35)23-7-6-14-28-26(23)33/h6-14,17-18H,15-16H2,1-5H3,(H,28,33)(H,30,32)/t18-/m0/s1. The molecule has 1 saturated heterocycles. The summed E-state index contributed by atoms with van der Waals surface area (Å²) in [7, 11) is -4.38. The fraction of sp³-hybridized carbons (Fsp3) is 0.370. The molecule has 36 heavy (non-hydrogen) atoms. The molecule has 0 spiro atoms. The maximum absolute atomic E-state index is 13.3. The summed E-state index contributed by atoms with van der Waals surface area (Å²) in [5, 5.41) is 0. The van der Waals surface area contributed by atoms with Gasteiger partial charge in [-0.05, 0) is 61.9 Å². The Morgan fingerprint density at radius 2 is 1.83 bits per heavy atom. The van der Waals surface area contributed by atoms with Crippen LogP contribution in [0.1, 0.15) is 62.9 Å². The van der Waals surface area contributed by atoms with E-state index >= 15 is 0 Å². The molecule has 0 bridgehead atoms. The number of rotatable bonds is 6. The second-order valence-electron chi connectivity index (χ2n) is 10.4. The predicted octanol–water partition coefficient (Wildman–Crippen LogP) is 4.30. The third kappa shape index (κ3) is 5.06. The largest absolute Gasteiger partial charge is 0.351 e. The number of pyridine rings is 2. The van der Waals surface area contributed by atoms with Crippen molar-refractivity contribution < 1.29 is 13.2 Å². The molecule has 2 N–H and O–H groups in total. The van der Waals surface area contributed by atoms with E-state index in [0.29, 0.717) is 29.9 Å². The number of aromatic nitrogens is 2. The van der Waals surface area contributed by atoms with Crippen LogP contribution in [-0.4, -0.2) is 36.4 Å². The zero-order valence-corrected chi connectivity index (χ0v) is 22.0. The Labute approximate surface area is 211 Å². The van der Waals surface area contributed by atoms with Gasteiger partial charge in [0, 0.05) is 23.8 Å². The lowest BCUT2D eigenvalue weighted by molar-refractivity contribution is 0.0981. The minimum absolute atomic E-state index is 0.135. The van der Waals surface area contributed by atoms with E-state index in [1.807, 2.05) is 12.1 Å². The van der Waals surface area contributed by atoms with Gasteiger partial charge in [0.2, 0.25) is 0 Å². The number of carbonyl (C=O) groups is 1. The summed E-state index contributed by atoms with van der Waals surface area (Å²) in [6.07, 6.45) is 2.23. The average Bonchev–Trinajstić information content (AvgIpc) is 3.10. The SMILES string of the molecule is CC(C)c1ccc(-c2ccc(C(=O)NS(=O)(=O)c3ccc[nH]c3=O)c(N3C[C@@H](C)CC3(C)C)n2)cc1. The fourth-order valence-electron chi connectivity index (χ4n) is 4.84. The van der Waals surface area contributed by atoms with Crippen molar-refractivity contribution in [2.75, 3.05) is 11.4 Å². The molecule has 0 radical (unpaired) electrons. The summed E-state index contributed by atoms with van der Waals surface area (Å²) in [6.45, 7) is 11.3. The van der Waals surface area contributed by atoms with Crippen LogP contribution in [0.25, 0.3) is 11.3 Å². The minimum Gasteiger partial charge on any atom is -0.351 e. The van der Waals surface area contributed by atoms with Crippen LogP contribution in [0.15, 0.2) is 64.4 Å². The first kappa shape index (κ1) is 25.6. The highest BCUT2D eigenvalue weighted by atomic mass is 32.2. The number of H-pyrrole nitrogens is 1. The van der Waals surface area contributed by atoms with Crippen LogP contribution in [-0.2, 0) is 10.0 Å². The summed E-state index contributed by atoms with van der Waals surface area (Å²) in [4.78, 5) is 34.1. The number of nitrogens with one attached hydrogen (secondary N) is 2. The lowest BCUT2D eigenvalue weighted by Crippen LogP contribution is -2.41. The smallest absolute Gasteiger partial charge is 0.269 e. The Morgan fingerprint density at radius 3 is 2.42 bits per heavy atom. The zero-order valence-electron chi connectivity index (χ0n) is 21.2. The van der Waals surface area contributed by atoms with Gasteiger partial charge in [0.25, 0.3) is 21.5 Å². The maximum Gasteiger partial charge on any atom is 0.269 e. The number of hydrogen-bond donors (Lipinski definition) is 2. The van der Waals surface area contributed by atoms with Gasteiger partial charge in [0.05, 0.1) is 11.3 Å². The van der Waals surface area contributed by atoms with Crippen LogP contribution in [0.2, 0.25) is 0 Å². The van der Waals surface area contributed by atoms with E-state index in [1.165, 1.54) is 17.8 Å². The molecule has 1 aromatic carbocycles. The first-order valence-corrected chi connectivity index (χ1v) is 13.5. The van der Waals surface area contributed by atoms with E-state index in [0.717, 1.165) is 18.1 Å². The molecule has 1 aliphatic heterocycles. The molecular formula is C27H32N4O4S.